The number of benzene rings is 1. The minimum atomic E-state index is -4.73. The molecule has 1 aromatic carbocycles. The lowest BCUT2D eigenvalue weighted by atomic mass is 9.84. The zero-order chi connectivity index (χ0) is 17.5. The molecular formula is C17H21F3N2O2. The minimum Gasteiger partial charge on any atom is -0.406 e. The summed E-state index contributed by atoms with van der Waals surface area (Å²) < 4.78 is 40.8. The van der Waals surface area contributed by atoms with Gasteiger partial charge in [-0.25, -0.2) is 0 Å². The highest BCUT2D eigenvalue weighted by molar-refractivity contribution is 5.80. The predicted octanol–water partition coefficient (Wildman–Crippen LogP) is 2.92. The van der Waals surface area contributed by atoms with Gasteiger partial charge < -0.3 is 15.4 Å². The van der Waals surface area contributed by atoms with Crippen molar-refractivity contribution in [2.45, 2.75) is 38.2 Å². The van der Waals surface area contributed by atoms with Crippen molar-refractivity contribution in [2.75, 3.05) is 7.05 Å². The standard InChI is InChI=1S/C17H21F3N2O2/c1-22(16(23)14-11-5-6-12(8-11)15(14)21)9-10-3-2-4-13(7-10)24-17(18,19)20/h2-4,7,11-12,14-15H,5-6,8-9,21H2,1H3. The molecule has 4 atom stereocenters. The predicted molar refractivity (Wildman–Crippen MR) is 81.9 cm³/mol. The number of hydrogen-bond donors (Lipinski definition) is 1. The number of hydrogen-bond acceptors (Lipinski definition) is 3. The summed E-state index contributed by atoms with van der Waals surface area (Å²) in [5.74, 6) is 0.318. The lowest BCUT2D eigenvalue weighted by molar-refractivity contribution is -0.274. The van der Waals surface area contributed by atoms with Gasteiger partial charge in [-0.1, -0.05) is 12.1 Å². The Morgan fingerprint density at radius 3 is 2.67 bits per heavy atom. The molecule has 4 nitrogen and oxygen atoms in total. The first kappa shape index (κ1) is 17.1. The van der Waals surface area contributed by atoms with Crippen molar-refractivity contribution in [3.05, 3.63) is 29.8 Å². The molecule has 2 N–H and O–H groups in total. The molecule has 1 amide bonds. The number of nitrogens with zero attached hydrogens (tertiary/aromatic N) is 1. The van der Waals surface area contributed by atoms with E-state index in [9.17, 15) is 18.0 Å². The molecule has 0 heterocycles. The molecular weight excluding hydrogens is 321 g/mol. The number of fused-ring (bicyclic) bond motifs is 2. The van der Waals surface area contributed by atoms with Crippen molar-refractivity contribution < 1.29 is 22.7 Å². The topological polar surface area (TPSA) is 55.6 Å². The molecule has 2 aliphatic carbocycles. The summed E-state index contributed by atoms with van der Waals surface area (Å²) in [4.78, 5) is 14.3. The third kappa shape index (κ3) is 3.50. The fourth-order valence-corrected chi connectivity index (χ4v) is 4.15. The Morgan fingerprint density at radius 1 is 1.33 bits per heavy atom. The van der Waals surface area contributed by atoms with Crippen molar-refractivity contribution in [1.82, 2.24) is 4.90 Å². The van der Waals surface area contributed by atoms with E-state index >= 15 is 0 Å². The molecule has 0 aliphatic heterocycles. The molecule has 0 saturated heterocycles. The average molecular weight is 342 g/mol. The Hall–Kier alpha value is -1.76. The first-order valence-corrected chi connectivity index (χ1v) is 8.10. The molecule has 4 unspecified atom stereocenters. The molecule has 0 radical (unpaired) electrons. The number of rotatable bonds is 4. The number of halogens is 3. The minimum absolute atomic E-state index is 0.0168. The van der Waals surface area contributed by atoms with Gasteiger partial charge in [-0.05, 0) is 48.8 Å². The van der Waals surface area contributed by atoms with E-state index in [4.69, 9.17) is 5.73 Å². The fraction of sp³-hybridized carbons (Fsp3) is 0.588. The lowest BCUT2D eigenvalue weighted by Crippen LogP contribution is -2.45. The Balaban J connectivity index is 1.65. The average Bonchev–Trinajstić information content (AvgIpc) is 3.06. The number of amides is 1. The van der Waals surface area contributed by atoms with Gasteiger partial charge in [0.05, 0.1) is 5.92 Å². The maximum Gasteiger partial charge on any atom is 0.573 e. The van der Waals surface area contributed by atoms with Crippen LogP contribution >= 0.6 is 0 Å². The van der Waals surface area contributed by atoms with Crippen molar-refractivity contribution in [3.63, 3.8) is 0 Å². The van der Waals surface area contributed by atoms with Crippen LogP contribution in [-0.2, 0) is 11.3 Å². The highest BCUT2D eigenvalue weighted by Crippen LogP contribution is 2.48. The van der Waals surface area contributed by atoms with Crippen LogP contribution in [0.25, 0.3) is 0 Å². The molecule has 1 aromatic rings. The van der Waals surface area contributed by atoms with E-state index < -0.39 is 6.36 Å². The van der Waals surface area contributed by atoms with Crippen LogP contribution in [0.15, 0.2) is 24.3 Å². The van der Waals surface area contributed by atoms with Crippen LogP contribution in [0.2, 0.25) is 0 Å². The Labute approximate surface area is 138 Å². The van der Waals surface area contributed by atoms with E-state index in [1.165, 1.54) is 18.2 Å². The monoisotopic (exact) mass is 342 g/mol. The van der Waals surface area contributed by atoms with Gasteiger partial charge in [0.25, 0.3) is 0 Å². The third-order valence-electron chi connectivity index (χ3n) is 5.19. The highest BCUT2D eigenvalue weighted by Gasteiger charge is 2.49. The van der Waals surface area contributed by atoms with E-state index in [0.717, 1.165) is 19.3 Å². The first-order chi connectivity index (χ1) is 11.2. The van der Waals surface area contributed by atoms with E-state index in [2.05, 4.69) is 4.74 Å². The summed E-state index contributed by atoms with van der Waals surface area (Å²) in [6.45, 7) is 0.231. The van der Waals surface area contributed by atoms with Crippen LogP contribution in [0.1, 0.15) is 24.8 Å². The van der Waals surface area contributed by atoms with Crippen molar-refractivity contribution in [3.8, 4) is 5.75 Å². The van der Waals surface area contributed by atoms with Crippen molar-refractivity contribution >= 4 is 5.91 Å². The van der Waals surface area contributed by atoms with Gasteiger partial charge in [-0.2, -0.15) is 0 Å². The molecule has 24 heavy (non-hydrogen) atoms. The largest absolute Gasteiger partial charge is 0.573 e. The van der Waals surface area contributed by atoms with E-state index in [1.807, 2.05) is 0 Å². The molecule has 2 aliphatic rings. The van der Waals surface area contributed by atoms with Crippen LogP contribution in [-0.4, -0.2) is 30.3 Å². The maximum absolute atomic E-state index is 12.7. The SMILES string of the molecule is CN(Cc1cccc(OC(F)(F)F)c1)C(=O)C1C2CCC(C2)C1N. The lowest BCUT2D eigenvalue weighted by Gasteiger charge is -2.31. The number of carbonyl (C=O) groups is 1. The summed E-state index contributed by atoms with van der Waals surface area (Å²) in [7, 11) is 1.67. The van der Waals surface area contributed by atoms with Gasteiger partial charge in [0.2, 0.25) is 5.91 Å². The van der Waals surface area contributed by atoms with E-state index in [1.54, 1.807) is 18.0 Å². The second-order valence-corrected chi connectivity index (χ2v) is 6.83. The number of alkyl halides is 3. The summed E-state index contributed by atoms with van der Waals surface area (Å²) in [6.07, 6.45) is -1.58. The van der Waals surface area contributed by atoms with Crippen LogP contribution in [0.3, 0.4) is 0 Å². The third-order valence-corrected chi connectivity index (χ3v) is 5.19. The summed E-state index contributed by atoms with van der Waals surface area (Å²) >= 11 is 0. The van der Waals surface area contributed by atoms with Crippen LogP contribution < -0.4 is 10.5 Å². The number of carbonyl (C=O) groups excluding carboxylic acids is 1. The smallest absolute Gasteiger partial charge is 0.406 e. The Kier molecular flexibility index (Phi) is 4.46. The van der Waals surface area contributed by atoms with Gasteiger partial charge in [0, 0.05) is 19.6 Å². The summed E-state index contributed by atoms with van der Waals surface area (Å²) in [5, 5.41) is 0. The molecule has 132 valence electrons. The van der Waals surface area contributed by atoms with Crippen LogP contribution in [0.5, 0.6) is 5.75 Å². The normalized spacial score (nSPS) is 28.9. The van der Waals surface area contributed by atoms with Gasteiger partial charge in [-0.15, -0.1) is 13.2 Å². The second-order valence-electron chi connectivity index (χ2n) is 6.83. The van der Waals surface area contributed by atoms with Gasteiger partial charge in [-0.3, -0.25) is 4.79 Å². The quantitative estimate of drug-likeness (QED) is 0.915. The zero-order valence-corrected chi connectivity index (χ0v) is 13.4. The molecule has 2 saturated carbocycles. The van der Waals surface area contributed by atoms with Crippen LogP contribution in [0, 0.1) is 17.8 Å². The fourth-order valence-electron chi connectivity index (χ4n) is 4.15. The van der Waals surface area contributed by atoms with Crippen LogP contribution in [0.4, 0.5) is 13.2 Å². The molecule has 7 heteroatoms. The van der Waals surface area contributed by atoms with Gasteiger partial charge in [0.15, 0.2) is 0 Å². The second kappa shape index (κ2) is 6.27. The maximum atomic E-state index is 12.7. The molecule has 2 fully saturated rings. The van der Waals surface area contributed by atoms with Gasteiger partial charge in [0.1, 0.15) is 5.75 Å². The molecule has 0 aromatic heterocycles. The van der Waals surface area contributed by atoms with Crippen molar-refractivity contribution in [2.24, 2.45) is 23.5 Å². The number of ether oxygens (including phenoxy) is 1. The molecule has 2 bridgehead atoms. The van der Waals surface area contributed by atoms with E-state index in [-0.39, 0.29) is 30.2 Å². The van der Waals surface area contributed by atoms with E-state index in [0.29, 0.717) is 17.4 Å². The summed E-state index contributed by atoms with van der Waals surface area (Å²) in [5.41, 5.74) is 6.78. The zero-order valence-electron chi connectivity index (χ0n) is 13.4. The number of nitrogens with two attached hydrogens (primary N) is 1. The highest BCUT2D eigenvalue weighted by atomic mass is 19.4. The molecule has 0 spiro atoms. The Morgan fingerprint density at radius 2 is 2.04 bits per heavy atom. The van der Waals surface area contributed by atoms with Gasteiger partial charge >= 0.3 is 6.36 Å². The first-order valence-electron chi connectivity index (χ1n) is 8.10. The Bertz CT molecular complexity index is 618. The van der Waals surface area contributed by atoms with Crippen molar-refractivity contribution in [1.29, 1.82) is 0 Å². The summed E-state index contributed by atoms with van der Waals surface area (Å²) in [6, 6.07) is 5.60. The molecule has 3 rings (SSSR count).